The number of carbonyl (C=O) groups is 1. The second kappa shape index (κ2) is 9.64. The third-order valence-corrected chi connectivity index (χ3v) is 6.36. The molecule has 3 aromatic rings. The van der Waals surface area contributed by atoms with Crippen LogP contribution in [0.2, 0.25) is 0 Å². The van der Waals surface area contributed by atoms with Crippen molar-refractivity contribution in [1.82, 2.24) is 29.7 Å². The fourth-order valence-electron chi connectivity index (χ4n) is 4.60. The molecule has 8 nitrogen and oxygen atoms in total. The Kier molecular flexibility index (Phi) is 6.28. The molecule has 8 heteroatoms. The lowest BCUT2D eigenvalue weighted by Crippen LogP contribution is -2.43. The van der Waals surface area contributed by atoms with E-state index >= 15 is 0 Å². The van der Waals surface area contributed by atoms with Crippen LogP contribution in [0.3, 0.4) is 0 Å². The summed E-state index contributed by atoms with van der Waals surface area (Å²) in [6.07, 6.45) is 7.22. The third-order valence-electron chi connectivity index (χ3n) is 6.36. The zero-order chi connectivity index (χ0) is 22.6. The molecule has 1 N–H and O–H groups in total. The maximum absolute atomic E-state index is 12.9. The zero-order valence-electron chi connectivity index (χ0n) is 18.5. The molecule has 2 aromatic heterocycles. The summed E-state index contributed by atoms with van der Waals surface area (Å²) in [4.78, 5) is 31.3. The van der Waals surface area contributed by atoms with E-state index in [2.05, 4.69) is 44.1 Å². The number of aromatic nitrogens is 3. The van der Waals surface area contributed by atoms with Gasteiger partial charge in [-0.3, -0.25) is 9.88 Å². The first kappa shape index (κ1) is 21.5. The molecule has 0 radical (unpaired) electrons. The smallest absolute Gasteiger partial charge is 0.320 e. The summed E-state index contributed by atoms with van der Waals surface area (Å²) in [5, 5.41) is 10.7. The number of aliphatic hydroxyl groups is 1. The zero-order valence-corrected chi connectivity index (χ0v) is 18.5. The van der Waals surface area contributed by atoms with Crippen LogP contribution in [-0.2, 0) is 19.5 Å². The number of amides is 2. The minimum absolute atomic E-state index is 0.0413. The van der Waals surface area contributed by atoms with Crippen LogP contribution in [0.1, 0.15) is 16.8 Å². The second-order valence-corrected chi connectivity index (χ2v) is 8.72. The summed E-state index contributed by atoms with van der Waals surface area (Å²) in [6, 6.07) is 12.3. The maximum atomic E-state index is 12.9. The number of urea groups is 1. The highest BCUT2D eigenvalue weighted by Gasteiger charge is 2.30. The minimum atomic E-state index is -0.565. The molecule has 0 bridgehead atoms. The Balaban J connectivity index is 1.12. The van der Waals surface area contributed by atoms with E-state index in [0.717, 1.165) is 36.3 Å². The van der Waals surface area contributed by atoms with Crippen molar-refractivity contribution in [3.8, 4) is 11.1 Å². The van der Waals surface area contributed by atoms with Gasteiger partial charge in [0.1, 0.15) is 6.33 Å². The number of nitrogens with zero attached hydrogens (tertiary/aromatic N) is 6. The molecule has 1 fully saturated rings. The third kappa shape index (κ3) is 5.02. The number of pyridine rings is 1. The Labute approximate surface area is 193 Å². The van der Waals surface area contributed by atoms with Gasteiger partial charge in [-0.25, -0.2) is 14.8 Å². The van der Waals surface area contributed by atoms with E-state index in [-0.39, 0.29) is 6.03 Å². The molecule has 5 rings (SSSR count). The SMILES string of the molecule is O=C1N(Cc2ccc(-c3cncnc3)cn2)CCN1C[C@H](O)CN1CCc2ccccc2C1. The van der Waals surface area contributed by atoms with E-state index in [1.54, 1.807) is 28.4 Å². The van der Waals surface area contributed by atoms with Crippen LogP contribution in [0, 0.1) is 0 Å². The Bertz CT molecular complexity index is 1090. The maximum Gasteiger partial charge on any atom is 0.320 e. The monoisotopic (exact) mass is 444 g/mol. The molecule has 1 saturated heterocycles. The summed E-state index contributed by atoms with van der Waals surface area (Å²) >= 11 is 0. The van der Waals surface area contributed by atoms with Crippen LogP contribution < -0.4 is 0 Å². The molecular formula is C25H28N6O2. The average Bonchev–Trinajstić information content (AvgIpc) is 3.18. The molecule has 1 aromatic carbocycles. The van der Waals surface area contributed by atoms with Crippen molar-refractivity contribution in [3.63, 3.8) is 0 Å². The first-order chi connectivity index (χ1) is 16.2. The molecule has 0 aliphatic carbocycles. The summed E-state index contributed by atoms with van der Waals surface area (Å²) in [7, 11) is 0. The molecule has 0 saturated carbocycles. The van der Waals surface area contributed by atoms with Gasteiger partial charge in [-0.2, -0.15) is 0 Å². The number of hydrogen-bond donors (Lipinski definition) is 1. The van der Waals surface area contributed by atoms with Crippen LogP contribution in [0.5, 0.6) is 0 Å². The average molecular weight is 445 g/mol. The van der Waals surface area contributed by atoms with E-state index in [1.807, 2.05) is 12.1 Å². The van der Waals surface area contributed by atoms with Crippen LogP contribution in [0.25, 0.3) is 11.1 Å². The number of fused-ring (bicyclic) bond motifs is 1. The molecule has 0 spiro atoms. The Hall–Kier alpha value is -3.36. The fraction of sp³-hybridized carbons (Fsp3) is 0.360. The van der Waals surface area contributed by atoms with Gasteiger partial charge in [-0.15, -0.1) is 0 Å². The van der Waals surface area contributed by atoms with Crippen molar-refractivity contribution in [3.05, 3.63) is 78.1 Å². The highest BCUT2D eigenvalue weighted by Crippen LogP contribution is 2.20. The van der Waals surface area contributed by atoms with Gasteiger partial charge >= 0.3 is 6.03 Å². The quantitative estimate of drug-likeness (QED) is 0.601. The summed E-state index contributed by atoms with van der Waals surface area (Å²) in [5.74, 6) is 0. The van der Waals surface area contributed by atoms with Gasteiger partial charge in [0.2, 0.25) is 0 Å². The molecular weight excluding hydrogens is 416 g/mol. The number of benzene rings is 1. The van der Waals surface area contributed by atoms with E-state index in [9.17, 15) is 9.90 Å². The van der Waals surface area contributed by atoms with Gasteiger partial charge in [0.05, 0.1) is 18.3 Å². The molecule has 170 valence electrons. The number of hydrogen-bond acceptors (Lipinski definition) is 6. The first-order valence-corrected chi connectivity index (χ1v) is 11.4. The molecule has 33 heavy (non-hydrogen) atoms. The van der Waals surface area contributed by atoms with Crippen LogP contribution in [0.15, 0.2) is 61.3 Å². The van der Waals surface area contributed by atoms with Gasteiger partial charge in [0.25, 0.3) is 0 Å². The predicted octanol–water partition coefficient (Wildman–Crippen LogP) is 2.20. The van der Waals surface area contributed by atoms with E-state index in [0.29, 0.717) is 32.7 Å². The second-order valence-electron chi connectivity index (χ2n) is 8.72. The van der Waals surface area contributed by atoms with Crippen molar-refractivity contribution in [2.24, 2.45) is 0 Å². The van der Waals surface area contributed by atoms with Crippen LogP contribution in [-0.4, -0.2) is 79.6 Å². The summed E-state index contributed by atoms with van der Waals surface area (Å²) in [5.41, 5.74) is 5.41. The topological polar surface area (TPSA) is 85.7 Å². The van der Waals surface area contributed by atoms with Gasteiger partial charge < -0.3 is 14.9 Å². The highest BCUT2D eigenvalue weighted by molar-refractivity contribution is 5.76. The molecule has 2 aliphatic rings. The van der Waals surface area contributed by atoms with E-state index < -0.39 is 6.10 Å². The van der Waals surface area contributed by atoms with Gasteiger partial charge in [0, 0.05) is 69.0 Å². The number of rotatable bonds is 7. The summed E-state index contributed by atoms with van der Waals surface area (Å²) < 4.78 is 0. The standard InChI is InChI=1S/C25H28N6O2/c32-24(16-29-8-7-19-3-1-2-4-21(19)14-29)17-31-10-9-30(25(31)33)15-23-6-5-20(13-28-23)22-11-26-18-27-12-22/h1-6,11-13,18,24,32H,7-10,14-17H2/t24-/m1/s1. The minimum Gasteiger partial charge on any atom is -0.390 e. The Morgan fingerprint density at radius 2 is 1.67 bits per heavy atom. The largest absolute Gasteiger partial charge is 0.390 e. The fourth-order valence-corrected chi connectivity index (χ4v) is 4.60. The van der Waals surface area contributed by atoms with Crippen molar-refractivity contribution < 1.29 is 9.90 Å². The van der Waals surface area contributed by atoms with Gasteiger partial charge in [-0.05, 0) is 23.6 Å². The molecule has 2 aliphatic heterocycles. The molecule has 2 amide bonds. The normalized spacial score (nSPS) is 17.3. The molecule has 4 heterocycles. The predicted molar refractivity (Wildman–Crippen MR) is 124 cm³/mol. The Morgan fingerprint density at radius 1 is 0.879 bits per heavy atom. The Morgan fingerprint density at radius 3 is 2.45 bits per heavy atom. The van der Waals surface area contributed by atoms with Gasteiger partial charge in [0.15, 0.2) is 0 Å². The number of carbonyl (C=O) groups excluding carboxylic acids is 1. The lowest BCUT2D eigenvalue weighted by molar-refractivity contribution is 0.0812. The van der Waals surface area contributed by atoms with Gasteiger partial charge in [-0.1, -0.05) is 30.3 Å². The van der Waals surface area contributed by atoms with Crippen molar-refractivity contribution in [2.75, 3.05) is 32.7 Å². The summed E-state index contributed by atoms with van der Waals surface area (Å²) in [6.45, 7) is 4.43. The lowest BCUT2D eigenvalue weighted by atomic mass is 10.00. The highest BCUT2D eigenvalue weighted by atomic mass is 16.3. The number of β-amino-alcohol motifs (C(OH)–C–C–N with tert-alkyl or cyclic N) is 1. The van der Waals surface area contributed by atoms with E-state index in [4.69, 9.17) is 0 Å². The van der Waals surface area contributed by atoms with Crippen molar-refractivity contribution in [1.29, 1.82) is 0 Å². The lowest BCUT2D eigenvalue weighted by Gasteiger charge is -2.31. The molecule has 0 unspecified atom stereocenters. The van der Waals surface area contributed by atoms with Crippen LogP contribution >= 0.6 is 0 Å². The first-order valence-electron chi connectivity index (χ1n) is 11.4. The van der Waals surface area contributed by atoms with E-state index in [1.165, 1.54) is 17.5 Å². The molecule has 1 atom stereocenters. The van der Waals surface area contributed by atoms with Crippen molar-refractivity contribution in [2.45, 2.75) is 25.6 Å². The van der Waals surface area contributed by atoms with Crippen molar-refractivity contribution >= 4 is 6.03 Å². The van der Waals surface area contributed by atoms with Crippen LogP contribution in [0.4, 0.5) is 4.79 Å². The number of aliphatic hydroxyl groups excluding tert-OH is 1.